The molecule has 1 heterocycles. The Hall–Kier alpha value is -2.05. The van der Waals surface area contributed by atoms with Crippen LogP contribution in [0.25, 0.3) is 0 Å². The van der Waals surface area contributed by atoms with Crippen LogP contribution in [-0.2, 0) is 28.9 Å². The number of nitrogens with zero attached hydrogens (tertiary/aromatic N) is 2. The van der Waals surface area contributed by atoms with E-state index >= 15 is 0 Å². The zero-order valence-electron chi connectivity index (χ0n) is 14.2. The standard InChI is InChI=1S/C16H25N3O4/c1-10-17-11-7-5-6-8-13(11)19(10)9-12(14(20)21)18-15(22)23-16(2,3)4/h12H,5-9H2,1-4H3,(H,18,22)(H,20,21). The second-order valence-corrected chi connectivity index (χ2v) is 6.91. The van der Waals surface area contributed by atoms with Crippen molar-refractivity contribution in [2.24, 2.45) is 0 Å². The number of hydrogen-bond donors (Lipinski definition) is 2. The average molecular weight is 323 g/mol. The van der Waals surface area contributed by atoms with Crippen molar-refractivity contribution in [1.29, 1.82) is 0 Å². The maximum absolute atomic E-state index is 11.9. The number of aromatic nitrogens is 2. The first-order chi connectivity index (χ1) is 10.7. The Labute approximate surface area is 136 Å². The van der Waals surface area contributed by atoms with Gasteiger partial charge in [-0.3, -0.25) is 0 Å². The van der Waals surface area contributed by atoms with Crippen molar-refractivity contribution in [3.05, 3.63) is 17.2 Å². The van der Waals surface area contributed by atoms with Gasteiger partial charge in [-0.25, -0.2) is 14.6 Å². The molecule has 1 aromatic heterocycles. The first kappa shape index (κ1) is 17.3. The zero-order valence-corrected chi connectivity index (χ0v) is 14.2. The number of ether oxygens (including phenoxy) is 1. The lowest BCUT2D eigenvalue weighted by Crippen LogP contribution is -2.46. The van der Waals surface area contributed by atoms with Gasteiger partial charge in [-0.05, 0) is 53.4 Å². The highest BCUT2D eigenvalue weighted by atomic mass is 16.6. The molecule has 7 heteroatoms. The highest BCUT2D eigenvalue weighted by Gasteiger charge is 2.27. The Morgan fingerprint density at radius 1 is 1.35 bits per heavy atom. The average Bonchev–Trinajstić information content (AvgIpc) is 2.72. The van der Waals surface area contributed by atoms with Crippen LogP contribution in [0, 0.1) is 6.92 Å². The number of carbonyl (C=O) groups is 2. The van der Waals surface area contributed by atoms with Crippen LogP contribution in [0.3, 0.4) is 0 Å². The van der Waals surface area contributed by atoms with E-state index < -0.39 is 23.7 Å². The van der Waals surface area contributed by atoms with Gasteiger partial charge in [-0.15, -0.1) is 0 Å². The Balaban J connectivity index is 2.13. The number of rotatable bonds is 4. The van der Waals surface area contributed by atoms with Gasteiger partial charge < -0.3 is 19.7 Å². The third kappa shape index (κ3) is 4.46. The Bertz CT molecular complexity index is 601. The van der Waals surface area contributed by atoms with Crippen molar-refractivity contribution in [1.82, 2.24) is 14.9 Å². The molecule has 1 aromatic rings. The molecule has 0 saturated heterocycles. The maximum Gasteiger partial charge on any atom is 0.408 e. The highest BCUT2D eigenvalue weighted by molar-refractivity contribution is 5.79. The molecule has 2 rings (SSSR count). The Morgan fingerprint density at radius 2 is 2.00 bits per heavy atom. The molecule has 0 aromatic carbocycles. The van der Waals surface area contributed by atoms with Crippen LogP contribution < -0.4 is 5.32 Å². The van der Waals surface area contributed by atoms with E-state index in [1.807, 2.05) is 11.5 Å². The van der Waals surface area contributed by atoms with Gasteiger partial charge in [-0.1, -0.05) is 0 Å². The van der Waals surface area contributed by atoms with Crippen molar-refractivity contribution in [2.75, 3.05) is 0 Å². The summed E-state index contributed by atoms with van der Waals surface area (Å²) in [5.41, 5.74) is 1.47. The zero-order chi connectivity index (χ0) is 17.2. The number of fused-ring (bicyclic) bond motifs is 1. The molecule has 1 atom stereocenters. The largest absolute Gasteiger partial charge is 0.480 e. The number of imidazole rings is 1. The summed E-state index contributed by atoms with van der Waals surface area (Å²) in [4.78, 5) is 27.9. The first-order valence-electron chi connectivity index (χ1n) is 7.94. The van der Waals surface area contributed by atoms with Crippen molar-refractivity contribution in [3.63, 3.8) is 0 Å². The van der Waals surface area contributed by atoms with Crippen LogP contribution >= 0.6 is 0 Å². The molecule has 0 bridgehead atoms. The summed E-state index contributed by atoms with van der Waals surface area (Å²) >= 11 is 0. The Kier molecular flexibility index (Phi) is 4.97. The highest BCUT2D eigenvalue weighted by Crippen LogP contribution is 2.22. The van der Waals surface area contributed by atoms with E-state index in [9.17, 15) is 14.7 Å². The monoisotopic (exact) mass is 323 g/mol. The summed E-state index contributed by atoms with van der Waals surface area (Å²) < 4.78 is 7.05. The number of carboxylic acids is 1. The van der Waals surface area contributed by atoms with Gasteiger partial charge in [0.05, 0.1) is 12.2 Å². The van der Waals surface area contributed by atoms with E-state index in [0.717, 1.165) is 42.9 Å². The van der Waals surface area contributed by atoms with E-state index in [0.29, 0.717) is 0 Å². The quantitative estimate of drug-likeness (QED) is 0.884. The molecule has 0 aliphatic heterocycles. The fourth-order valence-electron chi connectivity index (χ4n) is 2.80. The molecule has 7 nitrogen and oxygen atoms in total. The smallest absolute Gasteiger partial charge is 0.408 e. The topological polar surface area (TPSA) is 93.5 Å². The van der Waals surface area contributed by atoms with Crippen LogP contribution in [0.1, 0.15) is 50.8 Å². The van der Waals surface area contributed by atoms with Crippen LogP contribution in [0.5, 0.6) is 0 Å². The first-order valence-corrected chi connectivity index (χ1v) is 7.94. The van der Waals surface area contributed by atoms with Gasteiger partial charge in [-0.2, -0.15) is 0 Å². The number of amides is 1. The van der Waals surface area contributed by atoms with Crippen LogP contribution in [0.2, 0.25) is 0 Å². The minimum absolute atomic E-state index is 0.155. The number of carbonyl (C=O) groups excluding carboxylic acids is 1. The lowest BCUT2D eigenvalue weighted by Gasteiger charge is -2.23. The van der Waals surface area contributed by atoms with E-state index in [-0.39, 0.29) is 6.54 Å². The minimum atomic E-state index is -1.09. The van der Waals surface area contributed by atoms with Gasteiger partial charge in [0.25, 0.3) is 0 Å². The molecule has 0 saturated carbocycles. The molecule has 0 spiro atoms. The van der Waals surface area contributed by atoms with Crippen LogP contribution in [-0.4, -0.2) is 38.4 Å². The van der Waals surface area contributed by atoms with E-state index in [4.69, 9.17) is 4.74 Å². The predicted octanol–water partition coefficient (Wildman–Crippen LogP) is 2.05. The van der Waals surface area contributed by atoms with Crippen molar-refractivity contribution < 1.29 is 19.4 Å². The molecule has 0 fully saturated rings. The van der Waals surface area contributed by atoms with Crippen LogP contribution in [0.4, 0.5) is 4.79 Å². The lowest BCUT2D eigenvalue weighted by molar-refractivity contribution is -0.139. The summed E-state index contributed by atoms with van der Waals surface area (Å²) in [7, 11) is 0. The van der Waals surface area contributed by atoms with Gasteiger partial charge >= 0.3 is 12.1 Å². The molecule has 23 heavy (non-hydrogen) atoms. The number of carboxylic acid groups (broad SMARTS) is 1. The molecule has 1 aliphatic rings. The van der Waals surface area contributed by atoms with E-state index in [1.54, 1.807) is 20.8 Å². The normalized spacial score (nSPS) is 15.7. The van der Waals surface area contributed by atoms with E-state index in [2.05, 4.69) is 10.3 Å². The predicted molar refractivity (Wildman–Crippen MR) is 84.4 cm³/mol. The summed E-state index contributed by atoms with van der Waals surface area (Å²) in [6, 6.07) is -1.05. The summed E-state index contributed by atoms with van der Waals surface area (Å²) in [6.45, 7) is 7.23. The minimum Gasteiger partial charge on any atom is -0.480 e. The van der Waals surface area contributed by atoms with Gasteiger partial charge in [0.15, 0.2) is 0 Å². The molecular weight excluding hydrogens is 298 g/mol. The summed E-state index contributed by atoms with van der Waals surface area (Å²) in [5, 5.41) is 11.8. The van der Waals surface area contributed by atoms with Crippen molar-refractivity contribution in [2.45, 2.75) is 71.6 Å². The van der Waals surface area contributed by atoms with Gasteiger partial charge in [0.1, 0.15) is 17.5 Å². The molecule has 1 amide bonds. The van der Waals surface area contributed by atoms with Gasteiger partial charge in [0, 0.05) is 5.69 Å². The van der Waals surface area contributed by atoms with Gasteiger partial charge in [0.2, 0.25) is 0 Å². The number of aliphatic carboxylic acids is 1. The van der Waals surface area contributed by atoms with Crippen LogP contribution in [0.15, 0.2) is 0 Å². The SMILES string of the molecule is Cc1nc2c(n1CC(NC(=O)OC(C)(C)C)C(=O)O)CCCC2. The number of nitrogens with one attached hydrogen (secondary N) is 1. The number of hydrogen-bond acceptors (Lipinski definition) is 4. The summed E-state index contributed by atoms with van der Waals surface area (Å²) in [5.74, 6) is -0.303. The Morgan fingerprint density at radius 3 is 2.61 bits per heavy atom. The van der Waals surface area contributed by atoms with Crippen molar-refractivity contribution in [3.8, 4) is 0 Å². The number of alkyl carbamates (subject to hydrolysis) is 1. The van der Waals surface area contributed by atoms with E-state index in [1.165, 1.54) is 0 Å². The third-order valence-corrected chi connectivity index (χ3v) is 3.78. The third-order valence-electron chi connectivity index (χ3n) is 3.78. The molecule has 128 valence electrons. The molecule has 2 N–H and O–H groups in total. The fraction of sp³-hybridized carbons (Fsp3) is 0.688. The molecule has 1 unspecified atom stereocenters. The molecular formula is C16H25N3O4. The lowest BCUT2D eigenvalue weighted by atomic mass is 10.0. The maximum atomic E-state index is 11.9. The fourth-order valence-corrected chi connectivity index (χ4v) is 2.80. The molecule has 1 aliphatic carbocycles. The number of aryl methyl sites for hydroxylation is 2. The summed E-state index contributed by atoms with van der Waals surface area (Å²) in [6.07, 6.45) is 3.30. The molecule has 0 radical (unpaired) electrons. The second kappa shape index (κ2) is 6.60. The second-order valence-electron chi connectivity index (χ2n) is 6.91. The van der Waals surface area contributed by atoms with Crippen molar-refractivity contribution >= 4 is 12.1 Å².